The van der Waals surface area contributed by atoms with Crippen LogP contribution < -0.4 is 16.4 Å². The lowest BCUT2D eigenvalue weighted by Gasteiger charge is -2.21. The molecule has 0 heterocycles. The Hall–Kier alpha value is -2.86. The summed E-state index contributed by atoms with van der Waals surface area (Å²) >= 11 is 0. The molecule has 0 aliphatic carbocycles. The van der Waals surface area contributed by atoms with E-state index < -0.39 is 12.1 Å². The molecule has 144 valence electrons. The van der Waals surface area contributed by atoms with Gasteiger partial charge in [-0.05, 0) is 37.4 Å². The molecule has 0 radical (unpaired) electrons. The molecule has 0 spiro atoms. The van der Waals surface area contributed by atoms with Crippen molar-refractivity contribution in [2.45, 2.75) is 38.5 Å². The zero-order valence-electron chi connectivity index (χ0n) is 15.6. The minimum absolute atomic E-state index is 0.151. The molecule has 0 saturated heterocycles. The van der Waals surface area contributed by atoms with E-state index in [-0.39, 0.29) is 18.6 Å². The van der Waals surface area contributed by atoms with Crippen LogP contribution in [0.25, 0.3) is 0 Å². The maximum absolute atomic E-state index is 12.6. The largest absolute Gasteiger partial charge is 0.445 e. The van der Waals surface area contributed by atoms with Crippen LogP contribution in [0.3, 0.4) is 0 Å². The van der Waals surface area contributed by atoms with E-state index >= 15 is 0 Å². The number of carbonyl (C=O) groups excluding carboxylic acids is 2. The van der Waals surface area contributed by atoms with Gasteiger partial charge in [-0.15, -0.1) is 0 Å². The summed E-state index contributed by atoms with van der Waals surface area (Å²) in [5, 5.41) is 5.58. The number of hydrogen-bond acceptors (Lipinski definition) is 4. The van der Waals surface area contributed by atoms with Gasteiger partial charge in [0.1, 0.15) is 12.6 Å². The second-order valence-corrected chi connectivity index (χ2v) is 6.33. The molecule has 4 N–H and O–H groups in total. The summed E-state index contributed by atoms with van der Waals surface area (Å²) in [6, 6.07) is 18.2. The van der Waals surface area contributed by atoms with Crippen LogP contribution in [-0.4, -0.2) is 24.6 Å². The van der Waals surface area contributed by atoms with Gasteiger partial charge in [0, 0.05) is 0 Å². The van der Waals surface area contributed by atoms with Gasteiger partial charge in [-0.3, -0.25) is 4.79 Å². The minimum atomic E-state index is -0.692. The number of ether oxygens (including phenoxy) is 1. The van der Waals surface area contributed by atoms with Gasteiger partial charge in [-0.1, -0.05) is 60.7 Å². The van der Waals surface area contributed by atoms with Gasteiger partial charge in [0.15, 0.2) is 0 Å². The molecule has 0 aliphatic heterocycles. The van der Waals surface area contributed by atoms with Crippen molar-refractivity contribution in [1.29, 1.82) is 0 Å². The third kappa shape index (κ3) is 7.11. The van der Waals surface area contributed by atoms with E-state index in [1.165, 1.54) is 0 Å². The summed E-state index contributed by atoms with van der Waals surface area (Å²) < 4.78 is 5.22. The minimum Gasteiger partial charge on any atom is -0.445 e. The molecule has 27 heavy (non-hydrogen) atoms. The second-order valence-electron chi connectivity index (χ2n) is 6.33. The Kier molecular flexibility index (Phi) is 8.32. The number of alkyl carbamates (subject to hydrolysis) is 1. The number of amides is 2. The number of benzene rings is 2. The summed E-state index contributed by atoms with van der Waals surface area (Å²) in [5.74, 6) is -0.253. The Morgan fingerprint density at radius 3 is 2.26 bits per heavy atom. The first-order valence-corrected chi connectivity index (χ1v) is 9.12. The first-order valence-electron chi connectivity index (χ1n) is 9.12. The Balaban J connectivity index is 1.90. The Labute approximate surface area is 160 Å². The van der Waals surface area contributed by atoms with E-state index in [9.17, 15) is 9.59 Å². The van der Waals surface area contributed by atoms with Crippen molar-refractivity contribution in [1.82, 2.24) is 10.6 Å². The van der Waals surface area contributed by atoms with E-state index in [0.29, 0.717) is 19.4 Å². The highest BCUT2D eigenvalue weighted by molar-refractivity contribution is 5.85. The van der Waals surface area contributed by atoms with Crippen LogP contribution in [0.1, 0.15) is 36.9 Å². The molecule has 0 aliphatic rings. The quantitative estimate of drug-likeness (QED) is 0.633. The molecule has 0 bridgehead atoms. The van der Waals surface area contributed by atoms with E-state index in [1.807, 2.05) is 67.6 Å². The Morgan fingerprint density at radius 2 is 1.63 bits per heavy atom. The third-order valence-electron chi connectivity index (χ3n) is 4.18. The predicted octanol–water partition coefficient (Wildman–Crippen LogP) is 2.90. The van der Waals surface area contributed by atoms with E-state index in [2.05, 4.69) is 10.6 Å². The van der Waals surface area contributed by atoms with Crippen LogP contribution >= 0.6 is 0 Å². The van der Waals surface area contributed by atoms with Gasteiger partial charge < -0.3 is 21.1 Å². The molecule has 2 aromatic rings. The van der Waals surface area contributed by atoms with Crippen LogP contribution in [0, 0.1) is 0 Å². The summed E-state index contributed by atoms with van der Waals surface area (Å²) in [7, 11) is 0. The summed E-state index contributed by atoms with van der Waals surface area (Å²) in [6.07, 6.45) is 0.449. The molecule has 2 rings (SSSR count). The molecule has 6 nitrogen and oxygen atoms in total. The van der Waals surface area contributed by atoms with Crippen molar-refractivity contribution in [3.05, 3.63) is 71.8 Å². The maximum atomic E-state index is 12.6. The highest BCUT2D eigenvalue weighted by atomic mass is 16.5. The highest BCUT2D eigenvalue weighted by Gasteiger charge is 2.22. The van der Waals surface area contributed by atoms with Gasteiger partial charge >= 0.3 is 6.09 Å². The molecule has 0 fully saturated rings. The number of nitrogens with one attached hydrogen (secondary N) is 2. The van der Waals surface area contributed by atoms with E-state index in [1.54, 1.807) is 0 Å². The maximum Gasteiger partial charge on any atom is 0.408 e. The van der Waals surface area contributed by atoms with Crippen LogP contribution in [0.4, 0.5) is 4.79 Å². The van der Waals surface area contributed by atoms with Gasteiger partial charge in [-0.25, -0.2) is 4.79 Å². The molecule has 0 saturated carbocycles. The fourth-order valence-electron chi connectivity index (χ4n) is 2.64. The van der Waals surface area contributed by atoms with Crippen molar-refractivity contribution in [2.24, 2.45) is 5.73 Å². The standard InChI is InChI=1S/C21H27N3O3/c1-16(18-11-6-3-7-12-18)23-20(25)19(13-8-14-22)24-21(26)27-15-17-9-4-2-5-10-17/h2-7,9-12,16,19H,8,13-15,22H2,1H3,(H,23,25)(H,24,26)/t16?,19-/m0/s1. The SMILES string of the molecule is CC(NC(=O)[C@H](CCCN)NC(=O)OCc1ccccc1)c1ccccc1. The number of rotatable bonds is 9. The normalized spacial score (nSPS) is 12.7. The zero-order chi connectivity index (χ0) is 19.5. The van der Waals surface area contributed by atoms with Crippen LogP contribution in [0.2, 0.25) is 0 Å². The van der Waals surface area contributed by atoms with Gasteiger partial charge in [-0.2, -0.15) is 0 Å². The topological polar surface area (TPSA) is 93.5 Å². The van der Waals surface area contributed by atoms with Crippen molar-refractivity contribution in [3.8, 4) is 0 Å². The van der Waals surface area contributed by atoms with Crippen LogP contribution in [-0.2, 0) is 16.1 Å². The molecular formula is C21H27N3O3. The van der Waals surface area contributed by atoms with Crippen LogP contribution in [0.5, 0.6) is 0 Å². The lowest BCUT2D eigenvalue weighted by molar-refractivity contribution is -0.123. The number of carbonyl (C=O) groups is 2. The summed E-state index contributed by atoms with van der Waals surface area (Å²) in [6.45, 7) is 2.50. The fourth-order valence-corrected chi connectivity index (χ4v) is 2.64. The average molecular weight is 369 g/mol. The molecule has 6 heteroatoms. The third-order valence-corrected chi connectivity index (χ3v) is 4.18. The van der Waals surface area contributed by atoms with Crippen LogP contribution in [0.15, 0.2) is 60.7 Å². The van der Waals surface area contributed by atoms with E-state index in [4.69, 9.17) is 10.5 Å². The van der Waals surface area contributed by atoms with Gasteiger partial charge in [0.25, 0.3) is 0 Å². The Morgan fingerprint density at radius 1 is 1.00 bits per heavy atom. The average Bonchev–Trinajstić information content (AvgIpc) is 2.70. The highest BCUT2D eigenvalue weighted by Crippen LogP contribution is 2.12. The van der Waals surface area contributed by atoms with Crippen molar-refractivity contribution < 1.29 is 14.3 Å². The predicted molar refractivity (Wildman–Crippen MR) is 105 cm³/mol. The molecule has 0 aromatic heterocycles. The van der Waals surface area contributed by atoms with Crippen molar-refractivity contribution in [3.63, 3.8) is 0 Å². The zero-order valence-corrected chi connectivity index (χ0v) is 15.6. The second kappa shape index (κ2) is 11.0. The fraction of sp³-hybridized carbons (Fsp3) is 0.333. The first-order chi connectivity index (χ1) is 13.1. The monoisotopic (exact) mass is 369 g/mol. The summed E-state index contributed by atoms with van der Waals surface area (Å²) in [4.78, 5) is 24.7. The lowest BCUT2D eigenvalue weighted by atomic mass is 10.1. The number of nitrogens with two attached hydrogens (primary N) is 1. The van der Waals surface area contributed by atoms with E-state index in [0.717, 1.165) is 11.1 Å². The molecule has 2 aromatic carbocycles. The smallest absolute Gasteiger partial charge is 0.408 e. The van der Waals surface area contributed by atoms with Gasteiger partial charge in [0.2, 0.25) is 5.91 Å². The number of hydrogen-bond donors (Lipinski definition) is 3. The molecule has 1 unspecified atom stereocenters. The summed E-state index contributed by atoms with van der Waals surface area (Å²) in [5.41, 5.74) is 7.44. The lowest BCUT2D eigenvalue weighted by Crippen LogP contribution is -2.47. The van der Waals surface area contributed by atoms with Crippen molar-refractivity contribution in [2.75, 3.05) is 6.54 Å². The molecule has 2 amide bonds. The van der Waals surface area contributed by atoms with Gasteiger partial charge in [0.05, 0.1) is 6.04 Å². The Bertz CT molecular complexity index is 707. The van der Waals surface area contributed by atoms with Crippen molar-refractivity contribution >= 4 is 12.0 Å². The molecule has 2 atom stereocenters. The first kappa shape index (κ1) is 20.5. The molecular weight excluding hydrogens is 342 g/mol.